The van der Waals surface area contributed by atoms with Gasteiger partial charge in [-0.25, -0.2) is 9.97 Å². The first-order chi connectivity index (χ1) is 9.00. The Balaban J connectivity index is 2.59. The van der Waals surface area contributed by atoms with Gasteiger partial charge in [-0.05, 0) is 31.0 Å². The van der Waals surface area contributed by atoms with Gasteiger partial charge in [-0.3, -0.25) is 0 Å². The Morgan fingerprint density at radius 3 is 2.42 bits per heavy atom. The zero-order valence-electron chi connectivity index (χ0n) is 10.7. The molecular weight excluding hydrogens is 260 g/mol. The van der Waals surface area contributed by atoms with Crippen LogP contribution in [0.15, 0.2) is 18.2 Å². The van der Waals surface area contributed by atoms with Crippen molar-refractivity contribution < 1.29 is 0 Å². The lowest BCUT2D eigenvalue weighted by atomic mass is 10.1. The van der Waals surface area contributed by atoms with Gasteiger partial charge in [0.05, 0.1) is 32.9 Å². The van der Waals surface area contributed by atoms with Gasteiger partial charge < -0.3 is 11.5 Å². The smallest absolute Gasteiger partial charge is 0.115 e. The van der Waals surface area contributed by atoms with Gasteiger partial charge in [-0.1, -0.05) is 23.7 Å². The molecule has 3 aromatic rings. The van der Waals surface area contributed by atoms with Gasteiger partial charge in [-0.2, -0.15) is 0 Å². The van der Waals surface area contributed by atoms with E-state index in [1.807, 2.05) is 32.0 Å². The van der Waals surface area contributed by atoms with Gasteiger partial charge >= 0.3 is 0 Å². The summed E-state index contributed by atoms with van der Waals surface area (Å²) in [5, 5.41) is 0.451. The van der Waals surface area contributed by atoms with Crippen LogP contribution in [0.4, 0.5) is 11.4 Å². The van der Waals surface area contributed by atoms with Crippen molar-refractivity contribution in [2.24, 2.45) is 0 Å². The molecule has 0 spiro atoms. The summed E-state index contributed by atoms with van der Waals surface area (Å²) in [7, 11) is 0. The van der Waals surface area contributed by atoms with E-state index in [1.54, 1.807) is 0 Å². The number of rotatable bonds is 0. The lowest BCUT2D eigenvalue weighted by Gasteiger charge is -2.12. The minimum absolute atomic E-state index is 0.368. The number of aryl methyl sites for hydroxylation is 2. The second-order valence-electron chi connectivity index (χ2n) is 4.63. The van der Waals surface area contributed by atoms with Crippen molar-refractivity contribution in [1.82, 2.24) is 9.97 Å². The van der Waals surface area contributed by atoms with E-state index in [0.717, 1.165) is 22.2 Å². The fourth-order valence-electron chi connectivity index (χ4n) is 2.22. The summed E-state index contributed by atoms with van der Waals surface area (Å²) < 4.78 is 0. The molecule has 0 aliphatic carbocycles. The maximum absolute atomic E-state index is 6.18. The molecule has 0 bridgehead atoms. The maximum Gasteiger partial charge on any atom is 0.115 e. The predicted octanol–water partition coefficient (Wildman–Crippen LogP) is 3.22. The molecule has 4 N–H and O–H groups in total. The lowest BCUT2D eigenvalue weighted by Crippen LogP contribution is -2.02. The number of nitrogens with two attached hydrogens (primary N) is 2. The molecule has 0 aliphatic heterocycles. The third-order valence-corrected chi connectivity index (χ3v) is 3.85. The Morgan fingerprint density at radius 2 is 1.68 bits per heavy atom. The highest BCUT2D eigenvalue weighted by Gasteiger charge is 2.15. The fourth-order valence-corrected chi connectivity index (χ4v) is 2.41. The topological polar surface area (TPSA) is 77.8 Å². The summed E-state index contributed by atoms with van der Waals surface area (Å²) in [6.45, 7) is 3.87. The van der Waals surface area contributed by atoms with Crippen LogP contribution in [-0.4, -0.2) is 9.97 Å². The molecule has 0 atom stereocenters. The van der Waals surface area contributed by atoms with Gasteiger partial charge in [0, 0.05) is 0 Å². The molecule has 2 aromatic carbocycles. The third kappa shape index (κ3) is 1.60. The molecule has 3 rings (SSSR count). The average molecular weight is 273 g/mol. The first kappa shape index (κ1) is 12.0. The van der Waals surface area contributed by atoms with Crippen LogP contribution < -0.4 is 11.5 Å². The largest absolute Gasteiger partial charge is 0.396 e. The first-order valence-electron chi connectivity index (χ1n) is 5.90. The molecule has 0 amide bonds. The molecule has 0 unspecified atom stereocenters. The molecule has 0 saturated carbocycles. The van der Waals surface area contributed by atoms with Crippen LogP contribution in [-0.2, 0) is 0 Å². The quantitative estimate of drug-likeness (QED) is 0.486. The van der Waals surface area contributed by atoms with Crippen LogP contribution in [0.25, 0.3) is 22.1 Å². The van der Waals surface area contributed by atoms with Crippen LogP contribution in [0, 0.1) is 13.8 Å². The molecule has 1 heterocycles. The molecule has 96 valence electrons. The monoisotopic (exact) mass is 272 g/mol. The van der Waals surface area contributed by atoms with Crippen LogP contribution >= 0.6 is 11.6 Å². The van der Waals surface area contributed by atoms with Gasteiger partial charge in [0.1, 0.15) is 5.52 Å². The van der Waals surface area contributed by atoms with Crippen molar-refractivity contribution in [3.8, 4) is 0 Å². The second-order valence-corrected chi connectivity index (χ2v) is 5.01. The molecule has 19 heavy (non-hydrogen) atoms. The summed E-state index contributed by atoms with van der Waals surface area (Å²) in [5.74, 6) is 0. The molecule has 4 nitrogen and oxygen atoms in total. The molecule has 0 aliphatic rings. The SMILES string of the molecule is Cc1cccc2nc3c(N)c(N)c(Cl)c(C)c3nc12. The number of nitrogen functional groups attached to an aromatic ring is 2. The maximum atomic E-state index is 6.18. The number of para-hydroxylation sites is 1. The summed E-state index contributed by atoms with van der Waals surface area (Å²) in [6, 6.07) is 5.86. The van der Waals surface area contributed by atoms with E-state index in [4.69, 9.17) is 23.1 Å². The molecule has 5 heteroatoms. The Bertz CT molecular complexity index is 827. The Hall–Kier alpha value is -2.07. The van der Waals surface area contributed by atoms with E-state index in [-0.39, 0.29) is 0 Å². The van der Waals surface area contributed by atoms with Crippen LogP contribution in [0.5, 0.6) is 0 Å². The summed E-state index contributed by atoms with van der Waals surface area (Å²) in [6.07, 6.45) is 0. The highest BCUT2D eigenvalue weighted by molar-refractivity contribution is 6.36. The minimum Gasteiger partial charge on any atom is -0.396 e. The fraction of sp³-hybridized carbons (Fsp3) is 0.143. The summed E-state index contributed by atoms with van der Waals surface area (Å²) in [5.41, 5.74) is 17.5. The van der Waals surface area contributed by atoms with E-state index in [9.17, 15) is 0 Å². The van der Waals surface area contributed by atoms with E-state index in [2.05, 4.69) is 9.97 Å². The molecule has 0 radical (unpaired) electrons. The summed E-state index contributed by atoms with van der Waals surface area (Å²) >= 11 is 6.18. The van der Waals surface area contributed by atoms with Crippen LogP contribution in [0.3, 0.4) is 0 Å². The predicted molar refractivity (Wildman–Crippen MR) is 80.4 cm³/mol. The van der Waals surface area contributed by atoms with E-state index < -0.39 is 0 Å². The molecule has 0 saturated heterocycles. The summed E-state index contributed by atoms with van der Waals surface area (Å²) in [4.78, 5) is 9.23. The van der Waals surface area contributed by atoms with E-state index >= 15 is 0 Å². The first-order valence-corrected chi connectivity index (χ1v) is 6.28. The highest BCUT2D eigenvalue weighted by atomic mass is 35.5. The van der Waals surface area contributed by atoms with Gasteiger partial charge in [0.2, 0.25) is 0 Å². The van der Waals surface area contributed by atoms with Crippen molar-refractivity contribution in [2.75, 3.05) is 11.5 Å². The molecule has 0 fully saturated rings. The second kappa shape index (κ2) is 3.96. The lowest BCUT2D eigenvalue weighted by molar-refractivity contribution is 1.33. The average Bonchev–Trinajstić information content (AvgIpc) is 2.42. The number of fused-ring (bicyclic) bond motifs is 2. The Morgan fingerprint density at radius 1 is 0.947 bits per heavy atom. The Kier molecular flexibility index (Phi) is 2.50. The Labute approximate surface area is 115 Å². The standard InChI is InChI=1S/C14H13ClN4/c1-6-4-3-5-8-12(6)19-13-7(2)9(15)10(16)11(17)14(13)18-8/h3-5H,16-17H2,1-2H3. The molecule has 1 aromatic heterocycles. The van der Waals surface area contributed by atoms with Crippen molar-refractivity contribution in [2.45, 2.75) is 13.8 Å². The normalized spacial score (nSPS) is 11.3. The van der Waals surface area contributed by atoms with E-state index in [0.29, 0.717) is 27.4 Å². The zero-order chi connectivity index (χ0) is 13.7. The zero-order valence-corrected chi connectivity index (χ0v) is 11.4. The number of aromatic nitrogens is 2. The number of hydrogen-bond donors (Lipinski definition) is 2. The van der Waals surface area contributed by atoms with Gasteiger partial charge in [0.15, 0.2) is 0 Å². The van der Waals surface area contributed by atoms with E-state index in [1.165, 1.54) is 0 Å². The number of hydrogen-bond acceptors (Lipinski definition) is 4. The van der Waals surface area contributed by atoms with Gasteiger partial charge in [0.25, 0.3) is 0 Å². The number of benzene rings is 2. The van der Waals surface area contributed by atoms with Crippen LogP contribution in [0.2, 0.25) is 5.02 Å². The van der Waals surface area contributed by atoms with Crippen molar-refractivity contribution in [1.29, 1.82) is 0 Å². The minimum atomic E-state index is 0.368. The van der Waals surface area contributed by atoms with Crippen molar-refractivity contribution in [3.05, 3.63) is 34.3 Å². The number of anilines is 2. The number of halogens is 1. The van der Waals surface area contributed by atoms with Crippen LogP contribution in [0.1, 0.15) is 11.1 Å². The highest BCUT2D eigenvalue weighted by Crippen LogP contribution is 2.36. The van der Waals surface area contributed by atoms with Crippen molar-refractivity contribution in [3.63, 3.8) is 0 Å². The number of nitrogens with zero attached hydrogens (tertiary/aromatic N) is 2. The molecular formula is C14H13ClN4. The van der Waals surface area contributed by atoms with Crippen molar-refractivity contribution >= 4 is 45.0 Å². The van der Waals surface area contributed by atoms with Gasteiger partial charge in [-0.15, -0.1) is 0 Å². The third-order valence-electron chi connectivity index (χ3n) is 3.36.